The molecule has 0 saturated heterocycles. The van der Waals surface area contributed by atoms with Crippen molar-refractivity contribution in [3.05, 3.63) is 23.7 Å². The van der Waals surface area contributed by atoms with Gasteiger partial charge >= 0.3 is 0 Å². The van der Waals surface area contributed by atoms with E-state index in [9.17, 15) is 4.79 Å². The summed E-state index contributed by atoms with van der Waals surface area (Å²) in [6.07, 6.45) is 9.70. The maximum absolute atomic E-state index is 10.4. The van der Waals surface area contributed by atoms with Gasteiger partial charge in [-0.1, -0.05) is 0 Å². The van der Waals surface area contributed by atoms with E-state index in [4.69, 9.17) is 10.2 Å². The molecule has 3 nitrogen and oxygen atoms in total. The fourth-order valence-electron chi connectivity index (χ4n) is 1.60. The zero-order valence-electron chi connectivity index (χ0n) is 8.91. The van der Waals surface area contributed by atoms with Crippen LogP contribution in [0.15, 0.2) is 23.7 Å². The van der Waals surface area contributed by atoms with Crippen molar-refractivity contribution in [3.8, 4) is 0 Å². The number of carbonyl (C=O) groups is 1. The topological polar surface area (TPSA) is 57.5 Å². The van der Waals surface area contributed by atoms with Gasteiger partial charge in [-0.05, 0) is 31.8 Å². The number of carbonyl (C=O) groups excluding carboxylic acids is 1. The number of hydrogen-bond donors (Lipinski definition) is 2. The molecule has 84 valence electrons. The van der Waals surface area contributed by atoms with Gasteiger partial charge in [-0.25, -0.2) is 0 Å². The lowest BCUT2D eigenvalue weighted by molar-refractivity contribution is -0.115. The van der Waals surface area contributed by atoms with Crippen molar-refractivity contribution in [1.82, 2.24) is 0 Å². The van der Waals surface area contributed by atoms with Gasteiger partial charge in [-0.15, -0.1) is 0 Å². The van der Waals surface area contributed by atoms with Crippen molar-refractivity contribution >= 4 is 5.78 Å². The molecular formula is C12H18O3. The molecule has 0 heterocycles. The van der Waals surface area contributed by atoms with Gasteiger partial charge in [0.15, 0.2) is 5.78 Å². The second-order valence-electron chi connectivity index (χ2n) is 3.90. The van der Waals surface area contributed by atoms with Crippen LogP contribution in [0.3, 0.4) is 0 Å². The Bertz CT molecular complexity index is 277. The molecule has 0 fully saturated rings. The Labute approximate surface area is 90.1 Å². The minimum absolute atomic E-state index is 0.0498. The molecule has 0 radical (unpaired) electrons. The van der Waals surface area contributed by atoms with Crippen LogP contribution >= 0.6 is 0 Å². The summed E-state index contributed by atoms with van der Waals surface area (Å²) in [5.74, 6) is 0.876. The standard InChI is InChI=1S/C6H8O2.C6H10O/c7-5-2-1-3-6(8)4-5;7-6-4-2-1-3-5-6/h4,7H,1-3H2;4,7H,1-3,5H2. The van der Waals surface area contributed by atoms with Crippen LogP contribution < -0.4 is 0 Å². The number of rotatable bonds is 0. The number of aliphatic hydroxyl groups excluding tert-OH is 2. The normalized spacial score (nSPS) is 20.9. The Morgan fingerprint density at radius 1 is 0.933 bits per heavy atom. The van der Waals surface area contributed by atoms with Gasteiger partial charge in [0.05, 0.1) is 11.5 Å². The van der Waals surface area contributed by atoms with E-state index in [1.807, 2.05) is 6.08 Å². The molecule has 0 aliphatic heterocycles. The molecule has 2 N–H and O–H groups in total. The van der Waals surface area contributed by atoms with Crippen molar-refractivity contribution in [1.29, 1.82) is 0 Å². The quantitative estimate of drug-likeness (QED) is 0.645. The minimum atomic E-state index is 0.0498. The Hall–Kier alpha value is -1.25. The largest absolute Gasteiger partial charge is 0.513 e. The molecule has 0 amide bonds. The Kier molecular flexibility index (Phi) is 4.95. The van der Waals surface area contributed by atoms with Crippen LogP contribution in [-0.4, -0.2) is 16.0 Å². The first-order valence-electron chi connectivity index (χ1n) is 5.49. The number of hydrogen-bond acceptors (Lipinski definition) is 3. The number of allylic oxidation sites excluding steroid dienone is 4. The minimum Gasteiger partial charge on any atom is -0.513 e. The zero-order chi connectivity index (χ0) is 11.1. The van der Waals surface area contributed by atoms with Crippen LogP contribution in [0.5, 0.6) is 0 Å². The summed E-state index contributed by atoms with van der Waals surface area (Å²) in [4.78, 5) is 10.4. The maximum atomic E-state index is 10.4. The Morgan fingerprint density at radius 2 is 1.67 bits per heavy atom. The van der Waals surface area contributed by atoms with Gasteiger partial charge in [-0.2, -0.15) is 0 Å². The predicted molar refractivity (Wildman–Crippen MR) is 58.7 cm³/mol. The third-order valence-electron chi connectivity index (χ3n) is 2.45. The predicted octanol–water partition coefficient (Wildman–Crippen LogP) is 3.18. The highest BCUT2D eigenvalue weighted by molar-refractivity contribution is 5.90. The second-order valence-corrected chi connectivity index (χ2v) is 3.90. The summed E-state index contributed by atoms with van der Waals surface area (Å²) in [5.41, 5.74) is 0. The molecule has 2 aliphatic rings. The molecule has 0 atom stereocenters. The molecule has 0 unspecified atom stereocenters. The second kappa shape index (κ2) is 6.27. The van der Waals surface area contributed by atoms with E-state index in [0.29, 0.717) is 18.6 Å². The van der Waals surface area contributed by atoms with Crippen LogP contribution in [0.1, 0.15) is 44.9 Å². The number of aliphatic hydroxyl groups is 2. The fraction of sp³-hybridized carbons (Fsp3) is 0.583. The lowest BCUT2D eigenvalue weighted by atomic mass is 10.1. The first-order chi connectivity index (χ1) is 7.18. The first-order valence-corrected chi connectivity index (χ1v) is 5.49. The molecule has 0 saturated carbocycles. The Balaban J connectivity index is 0.000000151. The van der Waals surface area contributed by atoms with Gasteiger partial charge in [0.2, 0.25) is 0 Å². The third kappa shape index (κ3) is 5.25. The van der Waals surface area contributed by atoms with E-state index in [2.05, 4.69) is 0 Å². The molecule has 3 heteroatoms. The molecule has 0 spiro atoms. The molecular weight excluding hydrogens is 192 g/mol. The molecule has 2 rings (SSSR count). The number of ketones is 1. The van der Waals surface area contributed by atoms with Crippen LogP contribution in [-0.2, 0) is 4.79 Å². The first kappa shape index (κ1) is 11.8. The average Bonchev–Trinajstić information content (AvgIpc) is 2.19. The van der Waals surface area contributed by atoms with Crippen molar-refractivity contribution in [2.75, 3.05) is 0 Å². The molecule has 15 heavy (non-hydrogen) atoms. The average molecular weight is 210 g/mol. The summed E-state index contributed by atoms with van der Waals surface area (Å²) in [7, 11) is 0. The van der Waals surface area contributed by atoms with Crippen molar-refractivity contribution in [2.24, 2.45) is 0 Å². The van der Waals surface area contributed by atoms with E-state index >= 15 is 0 Å². The van der Waals surface area contributed by atoms with Crippen LogP contribution in [0.25, 0.3) is 0 Å². The molecule has 0 bridgehead atoms. The monoisotopic (exact) mass is 210 g/mol. The highest BCUT2D eigenvalue weighted by Gasteiger charge is 2.06. The Morgan fingerprint density at radius 3 is 2.00 bits per heavy atom. The van der Waals surface area contributed by atoms with Gasteiger partial charge in [0.1, 0.15) is 0 Å². The van der Waals surface area contributed by atoms with E-state index in [-0.39, 0.29) is 11.5 Å². The molecule has 0 aromatic heterocycles. The SMILES string of the molecule is O=C1C=C(O)CCC1.OC1=CCCCC1. The highest BCUT2D eigenvalue weighted by atomic mass is 16.3. The van der Waals surface area contributed by atoms with Crippen molar-refractivity contribution < 1.29 is 15.0 Å². The maximum Gasteiger partial charge on any atom is 0.159 e. The van der Waals surface area contributed by atoms with Crippen LogP contribution in [0, 0.1) is 0 Å². The highest BCUT2D eigenvalue weighted by Crippen LogP contribution is 2.13. The van der Waals surface area contributed by atoms with Gasteiger partial charge < -0.3 is 10.2 Å². The van der Waals surface area contributed by atoms with Gasteiger partial charge in [-0.3, -0.25) is 4.79 Å². The molecule has 0 aromatic carbocycles. The summed E-state index contributed by atoms with van der Waals surface area (Å²) in [6, 6.07) is 0. The summed E-state index contributed by atoms with van der Waals surface area (Å²) in [5, 5.41) is 17.5. The van der Waals surface area contributed by atoms with Crippen LogP contribution in [0.2, 0.25) is 0 Å². The molecule has 0 aromatic rings. The molecule has 2 aliphatic carbocycles. The van der Waals surface area contributed by atoms with Crippen molar-refractivity contribution in [2.45, 2.75) is 44.9 Å². The van der Waals surface area contributed by atoms with E-state index in [1.165, 1.54) is 18.9 Å². The summed E-state index contributed by atoms with van der Waals surface area (Å²) >= 11 is 0. The lowest BCUT2D eigenvalue weighted by Gasteiger charge is -2.04. The summed E-state index contributed by atoms with van der Waals surface area (Å²) < 4.78 is 0. The van der Waals surface area contributed by atoms with E-state index in [0.717, 1.165) is 19.3 Å². The van der Waals surface area contributed by atoms with E-state index < -0.39 is 0 Å². The van der Waals surface area contributed by atoms with E-state index in [1.54, 1.807) is 0 Å². The lowest BCUT2D eigenvalue weighted by Crippen LogP contribution is -2.01. The zero-order valence-corrected chi connectivity index (χ0v) is 8.91. The smallest absolute Gasteiger partial charge is 0.159 e. The third-order valence-corrected chi connectivity index (χ3v) is 2.45. The van der Waals surface area contributed by atoms with Gasteiger partial charge in [0.25, 0.3) is 0 Å². The summed E-state index contributed by atoms with van der Waals surface area (Å²) in [6.45, 7) is 0. The van der Waals surface area contributed by atoms with Crippen molar-refractivity contribution in [3.63, 3.8) is 0 Å². The van der Waals surface area contributed by atoms with Crippen LogP contribution in [0.4, 0.5) is 0 Å². The fourth-order valence-corrected chi connectivity index (χ4v) is 1.60. The van der Waals surface area contributed by atoms with Gasteiger partial charge in [0, 0.05) is 25.3 Å².